The van der Waals surface area contributed by atoms with Gasteiger partial charge in [0.2, 0.25) is 0 Å². The molecular formula is C14H20ClN. The molecule has 1 aliphatic carbocycles. The first kappa shape index (κ1) is 11.9. The molecule has 2 N–H and O–H groups in total. The van der Waals surface area contributed by atoms with Crippen molar-refractivity contribution < 1.29 is 0 Å². The molecule has 16 heavy (non-hydrogen) atoms. The van der Waals surface area contributed by atoms with E-state index in [2.05, 4.69) is 26.8 Å². The molecule has 1 aliphatic rings. The molecule has 0 amide bonds. The van der Waals surface area contributed by atoms with Gasteiger partial charge in [-0.2, -0.15) is 0 Å². The molecule has 88 valence electrons. The summed E-state index contributed by atoms with van der Waals surface area (Å²) in [6.45, 7) is 6.77. The molecule has 0 aliphatic heterocycles. The van der Waals surface area contributed by atoms with Crippen LogP contribution in [0.15, 0.2) is 18.2 Å². The third-order valence-electron chi connectivity index (χ3n) is 3.58. The van der Waals surface area contributed by atoms with Crippen LogP contribution in [-0.2, 0) is 6.42 Å². The fourth-order valence-corrected chi connectivity index (χ4v) is 3.22. The van der Waals surface area contributed by atoms with E-state index in [0.29, 0.717) is 5.92 Å². The maximum Gasteiger partial charge on any atom is 0.0440 e. The lowest BCUT2D eigenvalue weighted by Gasteiger charge is -2.40. The van der Waals surface area contributed by atoms with Crippen molar-refractivity contribution in [1.29, 1.82) is 0 Å². The van der Waals surface area contributed by atoms with Gasteiger partial charge >= 0.3 is 0 Å². The molecule has 1 aromatic carbocycles. The Morgan fingerprint density at radius 2 is 2.00 bits per heavy atom. The van der Waals surface area contributed by atoms with Gasteiger partial charge in [-0.05, 0) is 35.4 Å². The molecule has 0 bridgehead atoms. The van der Waals surface area contributed by atoms with E-state index >= 15 is 0 Å². The van der Waals surface area contributed by atoms with Gasteiger partial charge in [-0.3, -0.25) is 0 Å². The van der Waals surface area contributed by atoms with Crippen molar-refractivity contribution in [1.82, 2.24) is 0 Å². The minimum Gasteiger partial charge on any atom is -0.327 e. The normalized spacial score (nSPS) is 25.3. The van der Waals surface area contributed by atoms with Gasteiger partial charge in [-0.25, -0.2) is 0 Å². The zero-order chi connectivity index (χ0) is 11.9. The number of rotatable bonds is 0. The largest absolute Gasteiger partial charge is 0.327 e. The lowest BCUT2D eigenvalue weighted by Crippen LogP contribution is -2.40. The van der Waals surface area contributed by atoms with Gasteiger partial charge in [0.1, 0.15) is 0 Å². The van der Waals surface area contributed by atoms with Crippen molar-refractivity contribution in [2.75, 3.05) is 0 Å². The lowest BCUT2D eigenvalue weighted by atomic mass is 9.67. The van der Waals surface area contributed by atoms with Gasteiger partial charge in [-0.1, -0.05) is 44.5 Å². The minimum absolute atomic E-state index is 0.194. The number of benzene rings is 1. The summed E-state index contributed by atoms with van der Waals surface area (Å²) in [5.74, 6) is 0.412. The van der Waals surface area contributed by atoms with E-state index in [1.165, 1.54) is 11.1 Å². The highest BCUT2D eigenvalue weighted by Gasteiger charge is 2.36. The van der Waals surface area contributed by atoms with Crippen LogP contribution in [0.25, 0.3) is 0 Å². The predicted molar refractivity (Wildman–Crippen MR) is 69.9 cm³/mol. The molecule has 0 spiro atoms. The molecule has 1 nitrogen and oxygen atoms in total. The van der Waals surface area contributed by atoms with Crippen molar-refractivity contribution in [3.63, 3.8) is 0 Å². The van der Waals surface area contributed by atoms with Crippen molar-refractivity contribution in [2.45, 2.75) is 45.6 Å². The molecular weight excluding hydrogens is 218 g/mol. The SMILES string of the molecule is CC(C)(C)C1c2cccc(Cl)c2CCC1N. The fraction of sp³-hybridized carbons (Fsp3) is 0.571. The minimum atomic E-state index is 0.194. The van der Waals surface area contributed by atoms with Gasteiger partial charge in [0.05, 0.1) is 0 Å². The molecule has 2 atom stereocenters. The molecule has 0 saturated heterocycles. The molecule has 2 rings (SSSR count). The van der Waals surface area contributed by atoms with Crippen LogP contribution in [0.5, 0.6) is 0 Å². The van der Waals surface area contributed by atoms with E-state index in [0.717, 1.165) is 17.9 Å². The highest BCUT2D eigenvalue weighted by Crippen LogP contribution is 2.44. The number of hydrogen-bond donors (Lipinski definition) is 1. The van der Waals surface area contributed by atoms with Crippen LogP contribution < -0.4 is 5.73 Å². The summed E-state index contributed by atoms with van der Waals surface area (Å²) >= 11 is 6.26. The van der Waals surface area contributed by atoms with Crippen LogP contribution >= 0.6 is 11.6 Å². The zero-order valence-electron chi connectivity index (χ0n) is 10.3. The highest BCUT2D eigenvalue weighted by molar-refractivity contribution is 6.31. The van der Waals surface area contributed by atoms with E-state index < -0.39 is 0 Å². The summed E-state index contributed by atoms with van der Waals surface area (Å²) in [6, 6.07) is 6.47. The standard InChI is InChI=1S/C14H20ClN/c1-14(2,3)13-10-5-4-6-11(15)9(10)7-8-12(13)16/h4-6,12-13H,7-8,16H2,1-3H3. The average molecular weight is 238 g/mol. The number of halogens is 1. The molecule has 1 aromatic rings. The van der Waals surface area contributed by atoms with Crippen LogP contribution in [0.1, 0.15) is 44.2 Å². The Morgan fingerprint density at radius 3 is 2.62 bits per heavy atom. The topological polar surface area (TPSA) is 26.0 Å². The second-order valence-corrected chi connectivity index (χ2v) is 6.26. The quantitative estimate of drug-likeness (QED) is 0.731. The van der Waals surface area contributed by atoms with Crippen molar-refractivity contribution in [3.8, 4) is 0 Å². The third-order valence-corrected chi connectivity index (χ3v) is 3.93. The molecule has 2 heteroatoms. The Hall–Kier alpha value is -0.530. The van der Waals surface area contributed by atoms with E-state index in [4.69, 9.17) is 17.3 Å². The van der Waals surface area contributed by atoms with Crippen molar-refractivity contribution in [3.05, 3.63) is 34.3 Å². The van der Waals surface area contributed by atoms with Gasteiger partial charge < -0.3 is 5.73 Å². The Labute approximate surface area is 103 Å². The monoisotopic (exact) mass is 237 g/mol. The lowest BCUT2D eigenvalue weighted by molar-refractivity contribution is 0.260. The average Bonchev–Trinajstić information content (AvgIpc) is 2.15. The van der Waals surface area contributed by atoms with E-state index in [-0.39, 0.29) is 11.5 Å². The molecule has 0 saturated carbocycles. The first-order valence-electron chi connectivity index (χ1n) is 5.94. The van der Waals surface area contributed by atoms with Gasteiger partial charge in [0, 0.05) is 17.0 Å². The summed E-state index contributed by atoms with van der Waals surface area (Å²) in [5, 5.41) is 0.902. The van der Waals surface area contributed by atoms with E-state index in [9.17, 15) is 0 Å². The maximum absolute atomic E-state index is 6.29. The molecule has 0 heterocycles. The van der Waals surface area contributed by atoms with Gasteiger partial charge in [0.25, 0.3) is 0 Å². The second kappa shape index (κ2) is 4.05. The maximum atomic E-state index is 6.29. The van der Waals surface area contributed by atoms with Crippen molar-refractivity contribution in [2.24, 2.45) is 11.1 Å². The van der Waals surface area contributed by atoms with Crippen LogP contribution in [0, 0.1) is 5.41 Å². The van der Waals surface area contributed by atoms with E-state index in [1.807, 2.05) is 12.1 Å². The van der Waals surface area contributed by atoms with Crippen LogP contribution in [-0.4, -0.2) is 6.04 Å². The second-order valence-electron chi connectivity index (χ2n) is 5.85. The Morgan fingerprint density at radius 1 is 1.31 bits per heavy atom. The van der Waals surface area contributed by atoms with E-state index in [1.54, 1.807) is 0 Å². The smallest absolute Gasteiger partial charge is 0.0440 e. The number of hydrogen-bond acceptors (Lipinski definition) is 1. The summed E-state index contributed by atoms with van der Waals surface area (Å²) in [4.78, 5) is 0. The highest BCUT2D eigenvalue weighted by atomic mass is 35.5. The molecule has 0 aromatic heterocycles. The first-order chi connectivity index (χ1) is 7.41. The molecule has 0 fully saturated rings. The van der Waals surface area contributed by atoms with Gasteiger partial charge in [-0.15, -0.1) is 0 Å². The summed E-state index contributed by atoms with van der Waals surface area (Å²) in [6.07, 6.45) is 2.06. The number of nitrogens with two attached hydrogens (primary N) is 1. The fourth-order valence-electron chi connectivity index (χ4n) is 2.95. The Bertz CT molecular complexity index is 392. The Kier molecular flexibility index (Phi) is 3.02. The molecule has 2 unspecified atom stereocenters. The predicted octanol–water partition coefficient (Wildman–Crippen LogP) is 3.74. The summed E-state index contributed by atoms with van der Waals surface area (Å²) in [7, 11) is 0. The third kappa shape index (κ3) is 1.99. The first-order valence-corrected chi connectivity index (χ1v) is 6.32. The van der Waals surface area contributed by atoms with Crippen LogP contribution in [0.4, 0.5) is 0 Å². The summed E-state index contributed by atoms with van der Waals surface area (Å²) in [5.41, 5.74) is 9.15. The number of fused-ring (bicyclic) bond motifs is 1. The molecule has 0 radical (unpaired) electrons. The van der Waals surface area contributed by atoms with Gasteiger partial charge in [0.15, 0.2) is 0 Å². The van der Waals surface area contributed by atoms with Crippen LogP contribution in [0.2, 0.25) is 5.02 Å². The van der Waals surface area contributed by atoms with Crippen molar-refractivity contribution >= 4 is 11.6 Å². The van der Waals surface area contributed by atoms with Crippen LogP contribution in [0.3, 0.4) is 0 Å². The Balaban J connectivity index is 2.53. The zero-order valence-corrected chi connectivity index (χ0v) is 11.0. The summed E-state index contributed by atoms with van der Waals surface area (Å²) < 4.78 is 0.